The Bertz CT molecular complexity index is 101. The first-order chi connectivity index (χ1) is 4.83. The molecular weight excluding hydrogens is 187 g/mol. The van der Waals surface area contributed by atoms with Crippen LogP contribution >= 0.6 is 0 Å². The van der Waals surface area contributed by atoms with Crippen LogP contribution in [0.4, 0.5) is 31.3 Å². The van der Waals surface area contributed by atoms with Gasteiger partial charge in [-0.3, -0.25) is 0 Å². The third-order valence-corrected chi connectivity index (χ3v) is 0.645. The smallest absolute Gasteiger partial charge is 0.173 e. The van der Waals surface area contributed by atoms with Gasteiger partial charge in [0, 0.05) is 0 Å². The second-order valence-corrected chi connectivity index (χ2v) is 1.25. The topological polar surface area (TPSA) is 9.72 Å². The number of halogens is 7. The second-order valence-electron chi connectivity index (χ2n) is 1.25. The predicted octanol–water partition coefficient (Wildman–Crippen LogP) is 1.78. The number of rotatable bonds is 3. The molecule has 0 atom stereocenters. The Morgan fingerprint density at radius 1 is 0.636 bits per heavy atom. The summed E-state index contributed by atoms with van der Waals surface area (Å²) in [5.74, 6) is 0. The molecule has 3 nitrogen and oxygen atoms in total. The fraction of sp³-hybridized carbons (Fsp3) is 1.00. The molecule has 0 N–H and O–H groups in total. The van der Waals surface area contributed by atoms with Crippen molar-refractivity contribution in [3.05, 3.63) is 0 Å². The van der Waals surface area contributed by atoms with Crippen LogP contribution in [0.2, 0.25) is 0 Å². The summed E-state index contributed by atoms with van der Waals surface area (Å²) in [6.45, 7) is 0. The van der Waals surface area contributed by atoms with Crippen molar-refractivity contribution in [1.29, 1.82) is 0 Å². The number of alkyl halides is 1. The van der Waals surface area contributed by atoms with Crippen LogP contribution in [0.5, 0.6) is 0 Å². The van der Waals surface area contributed by atoms with Crippen molar-refractivity contribution in [2.24, 2.45) is 0 Å². The zero-order valence-electron chi connectivity index (χ0n) is 4.49. The third-order valence-electron chi connectivity index (χ3n) is 0.645. The molecule has 0 heterocycles. The molecule has 0 bridgehead atoms. The van der Waals surface area contributed by atoms with Crippen LogP contribution in [-0.2, 0) is 0 Å². The van der Waals surface area contributed by atoms with Crippen LogP contribution < -0.4 is 0 Å². The van der Waals surface area contributed by atoms with Gasteiger partial charge in [0.25, 0.3) is 0 Å². The minimum absolute atomic E-state index is 2.98. The summed E-state index contributed by atoms with van der Waals surface area (Å²) in [4.78, 5) is 0. The predicted molar refractivity (Wildman–Crippen MR) is 16.0 cm³/mol. The van der Waals surface area contributed by atoms with Crippen molar-refractivity contribution in [3.8, 4) is 0 Å². The Morgan fingerprint density at radius 2 is 0.818 bits per heavy atom. The number of hydrogen-bond donors (Lipinski definition) is 0. The minimum atomic E-state index is -5.50. The van der Waals surface area contributed by atoms with Crippen LogP contribution in [0.3, 0.4) is 0 Å². The van der Waals surface area contributed by atoms with E-state index in [1.807, 2.05) is 0 Å². The van der Waals surface area contributed by atoms with E-state index in [1.165, 1.54) is 0 Å². The van der Waals surface area contributed by atoms with Crippen molar-refractivity contribution in [3.63, 3.8) is 0 Å². The van der Waals surface area contributed by atoms with Crippen LogP contribution in [0.25, 0.3) is 0 Å². The Hall–Kier alpha value is -0.610. The summed E-state index contributed by atoms with van der Waals surface area (Å²) < 4.78 is 77.7. The molecule has 0 aromatic carbocycles. The molecule has 0 spiro atoms. The molecule has 0 saturated heterocycles. The summed E-state index contributed by atoms with van der Waals surface area (Å²) in [5.41, 5.74) is 0. The fourth-order valence-corrected chi connectivity index (χ4v) is 0.171. The molecule has 0 aromatic rings. The summed E-state index contributed by atoms with van der Waals surface area (Å²) >= 11 is 0. The maximum atomic E-state index is 11.7. The van der Waals surface area contributed by atoms with Gasteiger partial charge in [-0.15, -0.1) is 0 Å². The first-order valence-corrected chi connectivity index (χ1v) is 1.87. The van der Waals surface area contributed by atoms with Gasteiger partial charge in [0.15, 0.2) is 0 Å². The van der Waals surface area contributed by atoms with Gasteiger partial charge >= 0.3 is 6.04 Å². The van der Waals surface area contributed by atoms with Crippen molar-refractivity contribution >= 4 is 0 Å². The molecule has 0 rings (SSSR count). The van der Waals surface area contributed by atoms with E-state index in [-0.39, 0.29) is 0 Å². The van der Waals surface area contributed by atoms with Crippen LogP contribution in [0, 0.1) is 0 Å². The summed E-state index contributed by atoms with van der Waals surface area (Å²) in [5, 5.41) is -8.94. The van der Waals surface area contributed by atoms with Crippen molar-refractivity contribution in [1.82, 2.24) is 16.0 Å². The number of hydrogen-bond acceptors (Lipinski definition) is 3. The lowest BCUT2D eigenvalue weighted by atomic mass is 10.9. The molecule has 0 unspecified atom stereocenters. The van der Waals surface area contributed by atoms with E-state index in [2.05, 4.69) is 0 Å². The van der Waals surface area contributed by atoms with E-state index in [4.69, 9.17) is 0 Å². The first kappa shape index (κ1) is 10.4. The Labute approximate surface area is 54.8 Å². The van der Waals surface area contributed by atoms with Crippen molar-refractivity contribution in [2.75, 3.05) is 0 Å². The van der Waals surface area contributed by atoms with Gasteiger partial charge in [-0.2, -0.15) is 4.39 Å². The van der Waals surface area contributed by atoms with Gasteiger partial charge < -0.3 is 0 Å². The molecule has 0 aliphatic carbocycles. The van der Waals surface area contributed by atoms with E-state index in [0.717, 1.165) is 0 Å². The molecule has 10 heteroatoms. The monoisotopic (exact) mass is 187 g/mol. The Morgan fingerprint density at radius 3 is 0.818 bits per heavy atom. The van der Waals surface area contributed by atoms with E-state index in [9.17, 15) is 31.3 Å². The molecule has 0 amide bonds. The highest BCUT2D eigenvalue weighted by Gasteiger charge is 2.57. The average molecular weight is 187 g/mol. The molecule has 68 valence electrons. The maximum absolute atomic E-state index is 11.7. The van der Waals surface area contributed by atoms with Gasteiger partial charge in [-0.25, -0.2) is 0 Å². The molecule has 0 aromatic heterocycles. The first-order valence-electron chi connectivity index (χ1n) is 1.87. The molecular formula is CF7N3. The SMILES string of the molecule is FN(F)C(F)(N(F)F)N(F)F. The highest BCUT2D eigenvalue weighted by molar-refractivity contribution is 4.49. The summed E-state index contributed by atoms with van der Waals surface area (Å²) in [7, 11) is 0. The zero-order chi connectivity index (χ0) is 9.23. The molecule has 0 radical (unpaired) electrons. The van der Waals surface area contributed by atoms with Gasteiger partial charge in [-0.1, -0.05) is 26.9 Å². The average Bonchev–Trinajstić information content (AvgIpc) is 1.84. The van der Waals surface area contributed by atoms with E-state index in [0.29, 0.717) is 0 Å². The van der Waals surface area contributed by atoms with Gasteiger partial charge in [0.1, 0.15) is 16.0 Å². The summed E-state index contributed by atoms with van der Waals surface area (Å²) in [6.07, 6.45) is 0. The minimum Gasteiger partial charge on any atom is -0.173 e. The van der Waals surface area contributed by atoms with Crippen LogP contribution in [0.1, 0.15) is 0 Å². The zero-order valence-corrected chi connectivity index (χ0v) is 4.49. The largest absolute Gasteiger partial charge is 0.441 e. The second kappa shape index (κ2) is 3.19. The van der Waals surface area contributed by atoms with E-state index >= 15 is 0 Å². The summed E-state index contributed by atoms with van der Waals surface area (Å²) in [6, 6.07) is -5.50. The van der Waals surface area contributed by atoms with Gasteiger partial charge in [-0.05, 0) is 0 Å². The molecule has 0 fully saturated rings. The third kappa shape index (κ3) is 1.70. The maximum Gasteiger partial charge on any atom is 0.441 e. The van der Waals surface area contributed by atoms with Gasteiger partial charge in [0.05, 0.1) is 0 Å². The standard InChI is InChI=1S/CF7N3/c2-1(9(3)4,10(5)6)11(7)8. The van der Waals surface area contributed by atoms with Crippen molar-refractivity contribution < 1.29 is 31.3 Å². The van der Waals surface area contributed by atoms with Crippen LogP contribution in [0.15, 0.2) is 0 Å². The molecule has 0 saturated carbocycles. The highest BCUT2D eigenvalue weighted by atomic mass is 19.4. The van der Waals surface area contributed by atoms with Crippen LogP contribution in [-0.4, -0.2) is 22.1 Å². The molecule has 0 aliphatic heterocycles. The number of nitrogens with zero attached hydrogens (tertiary/aromatic N) is 3. The quantitative estimate of drug-likeness (QED) is 0.288. The van der Waals surface area contributed by atoms with E-state index < -0.39 is 22.1 Å². The highest BCUT2D eigenvalue weighted by Crippen LogP contribution is 2.29. The van der Waals surface area contributed by atoms with Crippen molar-refractivity contribution in [2.45, 2.75) is 6.04 Å². The van der Waals surface area contributed by atoms with E-state index in [1.54, 1.807) is 0 Å². The lowest BCUT2D eigenvalue weighted by molar-refractivity contribution is -0.522. The molecule has 0 aliphatic rings. The van der Waals surface area contributed by atoms with Gasteiger partial charge in [0.2, 0.25) is 0 Å². The normalized spacial score (nSPS) is 13.6. The Balaban J connectivity index is 4.53. The lowest BCUT2D eigenvalue weighted by Crippen LogP contribution is -2.52. The Kier molecular flexibility index (Phi) is 3.02. The lowest BCUT2D eigenvalue weighted by Gasteiger charge is -2.22. The fourth-order valence-electron chi connectivity index (χ4n) is 0.171. The molecule has 11 heavy (non-hydrogen) atoms.